The summed E-state index contributed by atoms with van der Waals surface area (Å²) in [5.41, 5.74) is 0.573. The Hall–Kier alpha value is 0.310. The normalized spacial score (nSPS) is 37.4. The Kier molecular flexibility index (Phi) is 2.89. The molecule has 0 spiro atoms. The summed E-state index contributed by atoms with van der Waals surface area (Å²) >= 11 is 2.16. The first-order chi connectivity index (χ1) is 6.18. The topological polar surface area (TPSA) is 12.0 Å². The average Bonchev–Trinajstić information content (AvgIpc) is 2.55. The summed E-state index contributed by atoms with van der Waals surface area (Å²) in [4.78, 5) is 0. The van der Waals surface area contributed by atoms with E-state index in [0.717, 1.165) is 11.3 Å². The zero-order valence-corrected chi connectivity index (χ0v) is 9.62. The monoisotopic (exact) mass is 199 g/mol. The molecule has 2 fully saturated rings. The molecule has 1 nitrogen and oxygen atoms in total. The lowest BCUT2D eigenvalue weighted by atomic mass is 9.67. The number of rotatable bonds is 3. The predicted octanol–water partition coefficient (Wildman–Crippen LogP) is 2.66. The highest BCUT2D eigenvalue weighted by Gasteiger charge is 2.38. The first-order valence-electron chi connectivity index (χ1n) is 5.53. The number of thioether (sulfide) groups is 1. The van der Waals surface area contributed by atoms with Crippen LogP contribution in [0.4, 0.5) is 0 Å². The number of nitrogens with one attached hydrogen (secondary N) is 1. The maximum absolute atomic E-state index is 3.73. The smallest absolute Gasteiger partial charge is 0.0172 e. The summed E-state index contributed by atoms with van der Waals surface area (Å²) < 4.78 is 0. The minimum absolute atomic E-state index is 0.573. The third-order valence-electron chi connectivity index (χ3n) is 3.64. The van der Waals surface area contributed by atoms with Crippen LogP contribution in [0.5, 0.6) is 0 Å². The van der Waals surface area contributed by atoms with Gasteiger partial charge in [-0.25, -0.2) is 0 Å². The highest BCUT2D eigenvalue weighted by Crippen LogP contribution is 2.40. The molecule has 1 N–H and O–H groups in total. The van der Waals surface area contributed by atoms with E-state index in [1.165, 1.54) is 38.0 Å². The van der Waals surface area contributed by atoms with Crippen LogP contribution in [-0.2, 0) is 0 Å². The summed E-state index contributed by atoms with van der Waals surface area (Å²) in [5, 5.41) is 4.64. The molecular weight excluding hydrogens is 178 g/mol. The molecule has 0 aromatic heterocycles. The van der Waals surface area contributed by atoms with Crippen molar-refractivity contribution in [3.8, 4) is 0 Å². The predicted molar refractivity (Wildman–Crippen MR) is 60.3 cm³/mol. The summed E-state index contributed by atoms with van der Waals surface area (Å²) in [7, 11) is 0. The van der Waals surface area contributed by atoms with E-state index >= 15 is 0 Å². The molecule has 1 saturated carbocycles. The lowest BCUT2D eigenvalue weighted by Crippen LogP contribution is -2.51. The molecule has 2 unspecified atom stereocenters. The molecule has 13 heavy (non-hydrogen) atoms. The quantitative estimate of drug-likeness (QED) is 0.750. The molecule has 2 rings (SSSR count). The van der Waals surface area contributed by atoms with Crippen molar-refractivity contribution in [3.05, 3.63) is 0 Å². The van der Waals surface area contributed by atoms with Crippen molar-refractivity contribution in [2.45, 2.75) is 50.8 Å². The molecule has 1 saturated heterocycles. The number of hydrogen-bond donors (Lipinski definition) is 1. The van der Waals surface area contributed by atoms with Gasteiger partial charge in [0.1, 0.15) is 0 Å². The second kappa shape index (κ2) is 3.82. The SMILES string of the molecule is CC1(C)CCC1NCC1CCCS1. The van der Waals surface area contributed by atoms with E-state index in [-0.39, 0.29) is 0 Å². The standard InChI is InChI=1S/C11H21NS/c1-11(2)6-5-10(11)12-8-9-4-3-7-13-9/h9-10,12H,3-8H2,1-2H3. The lowest BCUT2D eigenvalue weighted by molar-refractivity contribution is 0.110. The maximum atomic E-state index is 3.73. The zero-order valence-electron chi connectivity index (χ0n) is 8.81. The van der Waals surface area contributed by atoms with Gasteiger partial charge in [0.15, 0.2) is 0 Å². The summed E-state index contributed by atoms with van der Waals surface area (Å²) in [6, 6.07) is 0.800. The van der Waals surface area contributed by atoms with E-state index in [9.17, 15) is 0 Å². The van der Waals surface area contributed by atoms with Gasteiger partial charge in [-0.05, 0) is 36.9 Å². The van der Waals surface area contributed by atoms with Gasteiger partial charge in [-0.1, -0.05) is 13.8 Å². The molecule has 2 heteroatoms. The molecule has 2 aliphatic rings. The van der Waals surface area contributed by atoms with E-state index in [1.807, 2.05) is 0 Å². The Morgan fingerprint density at radius 1 is 1.38 bits per heavy atom. The second-order valence-corrected chi connectivity index (χ2v) is 6.53. The van der Waals surface area contributed by atoms with Gasteiger partial charge in [-0.2, -0.15) is 11.8 Å². The Morgan fingerprint density at radius 2 is 2.23 bits per heavy atom. The third kappa shape index (κ3) is 2.21. The molecule has 0 aromatic rings. The van der Waals surface area contributed by atoms with Crippen molar-refractivity contribution < 1.29 is 0 Å². The molecule has 1 aliphatic heterocycles. The molecule has 1 aliphatic carbocycles. The summed E-state index contributed by atoms with van der Waals surface area (Å²) in [6.45, 7) is 6.02. The van der Waals surface area contributed by atoms with Crippen LogP contribution in [0, 0.1) is 5.41 Å². The van der Waals surface area contributed by atoms with Crippen LogP contribution in [0.25, 0.3) is 0 Å². The summed E-state index contributed by atoms with van der Waals surface area (Å²) in [5.74, 6) is 1.39. The Labute approximate surface area is 86.0 Å². The van der Waals surface area contributed by atoms with Crippen molar-refractivity contribution in [1.82, 2.24) is 5.32 Å². The van der Waals surface area contributed by atoms with Crippen LogP contribution in [0.15, 0.2) is 0 Å². The van der Waals surface area contributed by atoms with Gasteiger partial charge in [0, 0.05) is 17.8 Å². The molecular formula is C11H21NS. The van der Waals surface area contributed by atoms with Gasteiger partial charge in [0.2, 0.25) is 0 Å². The Morgan fingerprint density at radius 3 is 2.69 bits per heavy atom. The highest BCUT2D eigenvalue weighted by atomic mass is 32.2. The first kappa shape index (κ1) is 9.85. The van der Waals surface area contributed by atoms with Crippen molar-refractivity contribution in [1.29, 1.82) is 0 Å². The fourth-order valence-electron chi connectivity index (χ4n) is 2.32. The zero-order chi connectivity index (χ0) is 9.31. The van der Waals surface area contributed by atoms with Gasteiger partial charge >= 0.3 is 0 Å². The van der Waals surface area contributed by atoms with Crippen LogP contribution >= 0.6 is 11.8 Å². The highest BCUT2D eigenvalue weighted by molar-refractivity contribution is 8.00. The van der Waals surface area contributed by atoms with E-state index in [1.54, 1.807) is 0 Å². The average molecular weight is 199 g/mol. The van der Waals surface area contributed by atoms with E-state index in [4.69, 9.17) is 0 Å². The van der Waals surface area contributed by atoms with Gasteiger partial charge < -0.3 is 5.32 Å². The van der Waals surface area contributed by atoms with Crippen LogP contribution in [0.2, 0.25) is 0 Å². The van der Waals surface area contributed by atoms with Crippen LogP contribution in [0.3, 0.4) is 0 Å². The van der Waals surface area contributed by atoms with Gasteiger partial charge in [-0.3, -0.25) is 0 Å². The van der Waals surface area contributed by atoms with Gasteiger partial charge in [0.05, 0.1) is 0 Å². The van der Waals surface area contributed by atoms with Crippen LogP contribution in [-0.4, -0.2) is 23.6 Å². The van der Waals surface area contributed by atoms with E-state index < -0.39 is 0 Å². The number of hydrogen-bond acceptors (Lipinski definition) is 2. The molecule has 0 radical (unpaired) electrons. The molecule has 0 amide bonds. The largest absolute Gasteiger partial charge is 0.312 e. The molecule has 0 bridgehead atoms. The summed E-state index contributed by atoms with van der Waals surface area (Å²) in [6.07, 6.45) is 5.67. The van der Waals surface area contributed by atoms with Crippen molar-refractivity contribution in [3.63, 3.8) is 0 Å². The van der Waals surface area contributed by atoms with Gasteiger partial charge in [0.25, 0.3) is 0 Å². The molecule has 2 atom stereocenters. The fraction of sp³-hybridized carbons (Fsp3) is 1.00. The Bertz CT molecular complexity index is 173. The van der Waals surface area contributed by atoms with Crippen LogP contribution in [0.1, 0.15) is 39.5 Å². The van der Waals surface area contributed by atoms with Gasteiger partial charge in [-0.15, -0.1) is 0 Å². The third-order valence-corrected chi connectivity index (χ3v) is 5.03. The van der Waals surface area contributed by atoms with Crippen molar-refractivity contribution in [2.75, 3.05) is 12.3 Å². The maximum Gasteiger partial charge on any atom is 0.0172 e. The lowest BCUT2D eigenvalue weighted by Gasteiger charge is -2.45. The Balaban J connectivity index is 1.67. The van der Waals surface area contributed by atoms with Crippen molar-refractivity contribution >= 4 is 11.8 Å². The minimum atomic E-state index is 0.573. The first-order valence-corrected chi connectivity index (χ1v) is 6.58. The molecule has 76 valence electrons. The van der Waals surface area contributed by atoms with Crippen LogP contribution < -0.4 is 5.32 Å². The fourth-order valence-corrected chi connectivity index (χ4v) is 3.54. The molecule has 1 heterocycles. The minimum Gasteiger partial charge on any atom is -0.312 e. The van der Waals surface area contributed by atoms with E-state index in [0.29, 0.717) is 5.41 Å². The van der Waals surface area contributed by atoms with Crippen molar-refractivity contribution in [2.24, 2.45) is 5.41 Å². The molecule has 0 aromatic carbocycles. The second-order valence-electron chi connectivity index (χ2n) is 5.12. The van der Waals surface area contributed by atoms with E-state index in [2.05, 4.69) is 30.9 Å².